The minimum absolute atomic E-state index is 0.0694. The number of pyridine rings is 1. The lowest BCUT2D eigenvalue weighted by molar-refractivity contribution is 0.593. The molecule has 0 unspecified atom stereocenters. The van der Waals surface area contributed by atoms with Crippen molar-refractivity contribution in [2.75, 3.05) is 0 Å². The molecule has 0 saturated carbocycles. The van der Waals surface area contributed by atoms with Gasteiger partial charge in [0.05, 0.1) is 4.90 Å². The zero-order chi connectivity index (χ0) is 12.6. The summed E-state index contributed by atoms with van der Waals surface area (Å²) < 4.78 is 26.3. The van der Waals surface area contributed by atoms with Gasteiger partial charge in [-0.3, -0.25) is 0 Å². The Morgan fingerprint density at radius 2 is 1.67 bits per heavy atom. The van der Waals surface area contributed by atoms with Crippen molar-refractivity contribution in [3.63, 3.8) is 0 Å². The minimum Gasteiger partial charge on any atom is -0.306 e. The van der Waals surface area contributed by atoms with Gasteiger partial charge in [0.25, 0.3) is 0 Å². The average molecular weight is 258 g/mol. The second kappa shape index (κ2) is 3.96. The first-order valence-electron chi connectivity index (χ1n) is 5.42. The zero-order valence-corrected chi connectivity index (χ0v) is 10.2. The molecular weight excluding hydrogens is 248 g/mol. The predicted octanol–water partition coefficient (Wildman–Crippen LogP) is 2.17. The van der Waals surface area contributed by atoms with Crippen molar-refractivity contribution in [2.45, 2.75) is 9.92 Å². The zero-order valence-electron chi connectivity index (χ0n) is 9.39. The molecule has 5 heteroatoms. The van der Waals surface area contributed by atoms with Crippen molar-refractivity contribution in [2.24, 2.45) is 0 Å². The lowest BCUT2D eigenvalue weighted by Crippen LogP contribution is -2.01. The fraction of sp³-hybridized carbons (Fsp3) is 0. The third-order valence-corrected chi connectivity index (χ3v) is 4.31. The van der Waals surface area contributed by atoms with E-state index in [0.717, 1.165) is 0 Å². The number of hydrogen-bond donors (Lipinski definition) is 0. The molecule has 2 heterocycles. The van der Waals surface area contributed by atoms with E-state index in [9.17, 15) is 8.42 Å². The molecule has 0 aliphatic carbocycles. The van der Waals surface area contributed by atoms with Gasteiger partial charge in [0, 0.05) is 12.4 Å². The predicted molar refractivity (Wildman–Crippen MR) is 67.1 cm³/mol. The Morgan fingerprint density at radius 3 is 2.39 bits per heavy atom. The van der Waals surface area contributed by atoms with Crippen molar-refractivity contribution in [1.29, 1.82) is 0 Å². The molecule has 0 aliphatic heterocycles. The van der Waals surface area contributed by atoms with Crippen LogP contribution in [0.25, 0.3) is 5.65 Å². The van der Waals surface area contributed by atoms with Crippen LogP contribution in [0.3, 0.4) is 0 Å². The average Bonchev–Trinajstić information content (AvgIpc) is 2.84. The van der Waals surface area contributed by atoms with Crippen molar-refractivity contribution in [1.82, 2.24) is 9.38 Å². The van der Waals surface area contributed by atoms with Gasteiger partial charge in [-0.1, -0.05) is 24.3 Å². The van der Waals surface area contributed by atoms with Crippen LogP contribution in [-0.2, 0) is 9.84 Å². The second-order valence-electron chi connectivity index (χ2n) is 3.86. The molecule has 1 aromatic carbocycles. The number of nitrogens with zero attached hydrogens (tertiary/aromatic N) is 2. The Hall–Kier alpha value is -2.14. The van der Waals surface area contributed by atoms with E-state index >= 15 is 0 Å². The summed E-state index contributed by atoms with van der Waals surface area (Å²) in [5.74, 6) is 0. The van der Waals surface area contributed by atoms with Crippen LogP contribution in [0.4, 0.5) is 0 Å². The van der Waals surface area contributed by atoms with Gasteiger partial charge in [-0.15, -0.1) is 0 Å². The molecule has 0 amide bonds. The molecule has 0 atom stereocenters. The molecule has 3 aromatic rings. The fourth-order valence-corrected chi connectivity index (χ4v) is 2.98. The molecule has 0 aliphatic rings. The normalized spacial score (nSPS) is 11.8. The van der Waals surface area contributed by atoms with Crippen molar-refractivity contribution in [3.8, 4) is 0 Å². The largest absolute Gasteiger partial charge is 0.306 e. The number of hydrogen-bond acceptors (Lipinski definition) is 3. The third-order valence-electron chi connectivity index (χ3n) is 2.67. The van der Waals surface area contributed by atoms with Gasteiger partial charge in [0.15, 0.2) is 5.03 Å². The molecule has 0 bridgehead atoms. The van der Waals surface area contributed by atoms with Crippen LogP contribution in [0.1, 0.15) is 0 Å². The van der Waals surface area contributed by atoms with E-state index < -0.39 is 9.84 Å². The van der Waals surface area contributed by atoms with Crippen LogP contribution in [0.5, 0.6) is 0 Å². The molecule has 90 valence electrons. The van der Waals surface area contributed by atoms with Crippen molar-refractivity contribution >= 4 is 15.5 Å². The van der Waals surface area contributed by atoms with E-state index in [0.29, 0.717) is 5.65 Å². The smallest absolute Gasteiger partial charge is 0.225 e. The molecule has 3 rings (SSSR count). The fourth-order valence-electron chi connectivity index (χ4n) is 1.76. The molecular formula is C13H10N2O2S. The number of rotatable bonds is 2. The Bertz CT molecular complexity index is 759. The van der Waals surface area contributed by atoms with Crippen LogP contribution in [0, 0.1) is 0 Å². The maximum atomic E-state index is 12.3. The number of sulfone groups is 1. The molecule has 0 spiro atoms. The summed E-state index contributed by atoms with van der Waals surface area (Å²) in [4.78, 5) is 4.39. The number of imidazole rings is 1. The molecule has 0 saturated heterocycles. The third kappa shape index (κ3) is 1.69. The highest BCUT2D eigenvalue weighted by Crippen LogP contribution is 2.19. The molecule has 4 nitrogen and oxygen atoms in total. The lowest BCUT2D eigenvalue weighted by Gasteiger charge is -1.99. The first kappa shape index (κ1) is 11.0. The van der Waals surface area contributed by atoms with Gasteiger partial charge in [-0.25, -0.2) is 13.4 Å². The van der Waals surface area contributed by atoms with E-state index in [4.69, 9.17) is 0 Å². The summed E-state index contributed by atoms with van der Waals surface area (Å²) in [7, 11) is -3.53. The van der Waals surface area contributed by atoms with Gasteiger partial charge in [-0.05, 0) is 24.3 Å². The lowest BCUT2D eigenvalue weighted by atomic mass is 10.4. The standard InChI is InChI=1S/C13H10N2O2S/c16-18(17,11-6-2-1-3-7-11)13-10-15-9-5-4-8-12(15)14-13/h1-10H. The van der Waals surface area contributed by atoms with Crippen LogP contribution < -0.4 is 0 Å². The van der Waals surface area contributed by atoms with Crippen LogP contribution >= 0.6 is 0 Å². The van der Waals surface area contributed by atoms with E-state index in [1.165, 1.54) is 6.20 Å². The van der Waals surface area contributed by atoms with E-state index in [1.54, 1.807) is 47.0 Å². The van der Waals surface area contributed by atoms with Gasteiger partial charge in [0.2, 0.25) is 9.84 Å². The summed E-state index contributed by atoms with van der Waals surface area (Å²) in [5.41, 5.74) is 0.618. The minimum atomic E-state index is -3.53. The van der Waals surface area contributed by atoms with Crippen LogP contribution in [0.15, 0.2) is 70.8 Å². The van der Waals surface area contributed by atoms with Crippen molar-refractivity contribution in [3.05, 3.63) is 60.9 Å². The van der Waals surface area contributed by atoms with Crippen LogP contribution in [0.2, 0.25) is 0 Å². The summed E-state index contributed by atoms with van der Waals surface area (Å²) >= 11 is 0. The first-order chi connectivity index (χ1) is 8.68. The number of aromatic nitrogens is 2. The quantitative estimate of drug-likeness (QED) is 0.708. The monoisotopic (exact) mass is 258 g/mol. The summed E-state index contributed by atoms with van der Waals surface area (Å²) in [6.45, 7) is 0. The molecule has 0 fully saturated rings. The summed E-state index contributed by atoms with van der Waals surface area (Å²) in [5, 5.41) is 0.0694. The second-order valence-corrected chi connectivity index (χ2v) is 5.76. The Balaban J connectivity index is 2.20. The Labute approximate surface area is 104 Å². The summed E-state index contributed by atoms with van der Waals surface area (Å²) in [6, 6.07) is 13.7. The van der Waals surface area contributed by atoms with E-state index in [2.05, 4.69) is 4.98 Å². The first-order valence-corrected chi connectivity index (χ1v) is 6.90. The van der Waals surface area contributed by atoms with Gasteiger partial charge < -0.3 is 4.40 Å². The highest BCUT2D eigenvalue weighted by atomic mass is 32.2. The maximum Gasteiger partial charge on any atom is 0.225 e. The number of fused-ring (bicyclic) bond motifs is 1. The highest BCUT2D eigenvalue weighted by molar-refractivity contribution is 7.91. The van der Waals surface area contributed by atoms with E-state index in [1.807, 2.05) is 12.1 Å². The maximum absolute atomic E-state index is 12.3. The van der Waals surface area contributed by atoms with Gasteiger partial charge in [0.1, 0.15) is 5.65 Å². The SMILES string of the molecule is O=S(=O)(c1ccccc1)c1cn2ccccc2n1. The van der Waals surface area contributed by atoms with Gasteiger partial charge >= 0.3 is 0 Å². The van der Waals surface area contributed by atoms with E-state index in [-0.39, 0.29) is 9.92 Å². The molecule has 2 aromatic heterocycles. The number of benzene rings is 1. The van der Waals surface area contributed by atoms with Crippen LogP contribution in [-0.4, -0.2) is 17.8 Å². The molecule has 0 N–H and O–H groups in total. The Kier molecular flexibility index (Phi) is 2.41. The molecule has 18 heavy (non-hydrogen) atoms. The molecule has 0 radical (unpaired) electrons. The van der Waals surface area contributed by atoms with Crippen molar-refractivity contribution < 1.29 is 8.42 Å². The topological polar surface area (TPSA) is 51.4 Å². The Morgan fingerprint density at radius 1 is 0.944 bits per heavy atom. The highest BCUT2D eigenvalue weighted by Gasteiger charge is 2.20. The van der Waals surface area contributed by atoms with Gasteiger partial charge in [-0.2, -0.15) is 0 Å². The summed E-state index contributed by atoms with van der Waals surface area (Å²) in [6.07, 6.45) is 3.30.